The highest BCUT2D eigenvalue weighted by Crippen LogP contribution is 2.33. The Kier molecular flexibility index (Phi) is 6.16. The monoisotopic (exact) mass is 491 g/mol. The second-order valence-corrected chi connectivity index (χ2v) is 8.44. The standard InChI is InChI=1S/C23H14BrN3O3S/c24-16-9-10-21-26-17(11-22(28)27(21)13-16)14-30-23(29)18-6-2-4-8-20(18)31-19-7-3-1-5-15(19)12-25/h1-11,13H,14H2. The van der Waals surface area contributed by atoms with E-state index in [1.807, 2.05) is 18.2 Å². The summed E-state index contributed by atoms with van der Waals surface area (Å²) in [5.74, 6) is -0.532. The molecule has 0 aliphatic carbocycles. The van der Waals surface area contributed by atoms with Crippen molar-refractivity contribution in [3.8, 4) is 6.07 Å². The Labute approximate surface area is 190 Å². The van der Waals surface area contributed by atoms with Gasteiger partial charge < -0.3 is 4.74 Å². The van der Waals surface area contributed by atoms with Crippen LogP contribution >= 0.6 is 27.7 Å². The second kappa shape index (κ2) is 9.16. The van der Waals surface area contributed by atoms with E-state index in [9.17, 15) is 14.9 Å². The quantitative estimate of drug-likeness (QED) is 0.371. The van der Waals surface area contributed by atoms with Gasteiger partial charge in [-0.3, -0.25) is 9.20 Å². The number of hydrogen-bond acceptors (Lipinski definition) is 6. The zero-order valence-corrected chi connectivity index (χ0v) is 18.4. The molecule has 152 valence electrons. The number of fused-ring (bicyclic) bond motifs is 1. The van der Waals surface area contributed by atoms with E-state index in [1.165, 1.54) is 22.2 Å². The van der Waals surface area contributed by atoms with Crippen LogP contribution < -0.4 is 5.56 Å². The van der Waals surface area contributed by atoms with Gasteiger partial charge in [0.1, 0.15) is 18.3 Å². The number of nitriles is 1. The topological polar surface area (TPSA) is 84.5 Å². The lowest BCUT2D eigenvalue weighted by Crippen LogP contribution is -2.16. The number of ether oxygens (including phenoxy) is 1. The number of hydrogen-bond donors (Lipinski definition) is 0. The third kappa shape index (κ3) is 4.68. The highest BCUT2D eigenvalue weighted by atomic mass is 79.9. The number of carbonyl (C=O) groups is 1. The van der Waals surface area contributed by atoms with Crippen molar-refractivity contribution in [3.05, 3.63) is 105 Å². The molecule has 0 saturated heterocycles. The van der Waals surface area contributed by atoms with Gasteiger partial charge in [-0.1, -0.05) is 36.0 Å². The normalized spacial score (nSPS) is 10.6. The molecule has 8 heteroatoms. The Bertz CT molecular complexity index is 1390. The summed E-state index contributed by atoms with van der Waals surface area (Å²) >= 11 is 4.65. The molecular weight excluding hydrogens is 478 g/mol. The highest BCUT2D eigenvalue weighted by molar-refractivity contribution is 9.10. The lowest BCUT2D eigenvalue weighted by Gasteiger charge is -2.10. The van der Waals surface area contributed by atoms with Gasteiger partial charge in [-0.2, -0.15) is 5.26 Å². The van der Waals surface area contributed by atoms with Crippen LogP contribution in [0.2, 0.25) is 0 Å². The molecule has 0 atom stereocenters. The van der Waals surface area contributed by atoms with E-state index in [0.29, 0.717) is 27.4 Å². The van der Waals surface area contributed by atoms with Gasteiger partial charge in [0.15, 0.2) is 0 Å². The first-order chi connectivity index (χ1) is 15.0. The number of rotatable bonds is 5. The number of carbonyl (C=O) groups excluding carboxylic acids is 1. The van der Waals surface area contributed by atoms with Gasteiger partial charge in [-0.25, -0.2) is 9.78 Å². The smallest absolute Gasteiger partial charge is 0.339 e. The van der Waals surface area contributed by atoms with E-state index in [-0.39, 0.29) is 12.2 Å². The molecule has 0 unspecified atom stereocenters. The molecule has 0 amide bonds. The first-order valence-corrected chi connectivity index (χ1v) is 10.8. The maximum absolute atomic E-state index is 12.8. The fourth-order valence-electron chi connectivity index (χ4n) is 2.91. The highest BCUT2D eigenvalue weighted by Gasteiger charge is 2.15. The third-order valence-corrected chi connectivity index (χ3v) is 5.98. The summed E-state index contributed by atoms with van der Waals surface area (Å²) in [5, 5.41) is 9.31. The molecule has 0 saturated carbocycles. The predicted octanol–water partition coefficient (Wildman–Crippen LogP) is 4.84. The van der Waals surface area contributed by atoms with Crippen molar-refractivity contribution in [2.24, 2.45) is 0 Å². The Morgan fingerprint density at radius 3 is 2.65 bits per heavy atom. The number of halogens is 1. The van der Waals surface area contributed by atoms with Crippen molar-refractivity contribution in [3.63, 3.8) is 0 Å². The zero-order chi connectivity index (χ0) is 21.8. The van der Waals surface area contributed by atoms with E-state index < -0.39 is 5.97 Å². The van der Waals surface area contributed by atoms with E-state index in [0.717, 1.165) is 9.37 Å². The van der Waals surface area contributed by atoms with Crippen LogP contribution in [-0.4, -0.2) is 15.4 Å². The van der Waals surface area contributed by atoms with E-state index in [4.69, 9.17) is 4.74 Å². The SMILES string of the molecule is N#Cc1ccccc1Sc1ccccc1C(=O)OCc1cc(=O)n2cc(Br)ccc2n1. The van der Waals surface area contributed by atoms with Crippen molar-refractivity contribution < 1.29 is 9.53 Å². The molecule has 4 aromatic rings. The first-order valence-electron chi connectivity index (χ1n) is 9.16. The molecule has 2 heterocycles. The molecule has 0 radical (unpaired) electrons. The summed E-state index contributed by atoms with van der Waals surface area (Å²) in [6.07, 6.45) is 1.63. The van der Waals surface area contributed by atoms with E-state index in [2.05, 4.69) is 27.0 Å². The molecule has 0 spiro atoms. The number of pyridine rings is 1. The fourth-order valence-corrected chi connectivity index (χ4v) is 4.26. The average Bonchev–Trinajstić information content (AvgIpc) is 2.79. The van der Waals surface area contributed by atoms with Crippen LogP contribution in [0, 0.1) is 11.3 Å². The third-order valence-electron chi connectivity index (χ3n) is 4.36. The lowest BCUT2D eigenvalue weighted by atomic mass is 10.2. The molecular formula is C23H14BrN3O3S. The van der Waals surface area contributed by atoms with Crippen molar-refractivity contribution in [1.29, 1.82) is 5.26 Å². The van der Waals surface area contributed by atoms with Crippen LogP contribution in [0.15, 0.2) is 92.0 Å². The average molecular weight is 492 g/mol. The predicted molar refractivity (Wildman–Crippen MR) is 120 cm³/mol. The largest absolute Gasteiger partial charge is 0.456 e. The molecule has 2 aromatic heterocycles. The minimum absolute atomic E-state index is 0.131. The van der Waals surface area contributed by atoms with Gasteiger partial charge in [0.25, 0.3) is 5.56 Å². The molecule has 0 aliphatic heterocycles. The Hall–Kier alpha value is -3.41. The van der Waals surface area contributed by atoms with Gasteiger partial charge >= 0.3 is 5.97 Å². The fraction of sp³-hybridized carbons (Fsp3) is 0.0435. The Balaban J connectivity index is 1.55. The Morgan fingerprint density at radius 2 is 1.84 bits per heavy atom. The Morgan fingerprint density at radius 1 is 1.10 bits per heavy atom. The number of nitrogens with zero attached hydrogens (tertiary/aromatic N) is 3. The summed E-state index contributed by atoms with van der Waals surface area (Å²) in [5.41, 5.74) is 1.47. The lowest BCUT2D eigenvalue weighted by molar-refractivity contribution is 0.0463. The summed E-state index contributed by atoms with van der Waals surface area (Å²) < 4.78 is 7.61. The molecule has 4 rings (SSSR count). The summed E-state index contributed by atoms with van der Waals surface area (Å²) in [6.45, 7) is -0.131. The molecule has 0 bridgehead atoms. The molecule has 2 aromatic carbocycles. The van der Waals surface area contributed by atoms with E-state index >= 15 is 0 Å². The number of benzene rings is 2. The van der Waals surface area contributed by atoms with Crippen LogP contribution in [0.1, 0.15) is 21.6 Å². The molecule has 0 N–H and O–H groups in total. The van der Waals surface area contributed by atoms with Crippen LogP contribution in [-0.2, 0) is 11.3 Å². The maximum atomic E-state index is 12.8. The van der Waals surface area contributed by atoms with Crippen LogP contribution in [0.5, 0.6) is 0 Å². The van der Waals surface area contributed by atoms with Crippen LogP contribution in [0.25, 0.3) is 5.65 Å². The number of aromatic nitrogens is 2. The van der Waals surface area contributed by atoms with Crippen molar-refractivity contribution in [2.75, 3.05) is 0 Å². The minimum Gasteiger partial charge on any atom is -0.456 e. The van der Waals surface area contributed by atoms with Gasteiger partial charge in [0.2, 0.25) is 0 Å². The van der Waals surface area contributed by atoms with Gasteiger partial charge in [0.05, 0.1) is 16.8 Å². The van der Waals surface area contributed by atoms with Crippen LogP contribution in [0.3, 0.4) is 0 Å². The molecule has 0 aliphatic rings. The zero-order valence-electron chi connectivity index (χ0n) is 16.0. The van der Waals surface area contributed by atoms with Gasteiger partial charge in [0, 0.05) is 26.5 Å². The second-order valence-electron chi connectivity index (χ2n) is 6.44. The number of esters is 1. The molecule has 31 heavy (non-hydrogen) atoms. The summed E-state index contributed by atoms with van der Waals surface area (Å²) in [4.78, 5) is 30.9. The molecule has 0 fully saturated rings. The summed E-state index contributed by atoms with van der Waals surface area (Å²) in [6, 6.07) is 21.2. The van der Waals surface area contributed by atoms with Gasteiger partial charge in [-0.05, 0) is 52.3 Å². The van der Waals surface area contributed by atoms with Crippen molar-refractivity contribution in [1.82, 2.24) is 9.38 Å². The summed E-state index contributed by atoms with van der Waals surface area (Å²) in [7, 11) is 0. The first kappa shape index (κ1) is 20.8. The van der Waals surface area contributed by atoms with E-state index in [1.54, 1.807) is 48.7 Å². The minimum atomic E-state index is -0.532. The van der Waals surface area contributed by atoms with Crippen molar-refractivity contribution in [2.45, 2.75) is 16.4 Å². The van der Waals surface area contributed by atoms with Gasteiger partial charge in [-0.15, -0.1) is 0 Å². The van der Waals surface area contributed by atoms with Crippen molar-refractivity contribution >= 4 is 39.3 Å². The molecule has 6 nitrogen and oxygen atoms in total. The van der Waals surface area contributed by atoms with Crippen LogP contribution in [0.4, 0.5) is 0 Å². The maximum Gasteiger partial charge on any atom is 0.339 e.